The number of carbonyl (C=O) groups is 1. The number of benzene rings is 2. The Kier molecular flexibility index (Phi) is 3.13. The third-order valence-electron chi connectivity index (χ3n) is 3.79. The number of hydrogen-bond acceptors (Lipinski definition) is 5. The lowest BCUT2D eigenvalue weighted by Crippen LogP contribution is -2.13. The van der Waals surface area contributed by atoms with E-state index >= 15 is 0 Å². The van der Waals surface area contributed by atoms with Crippen LogP contribution in [0, 0.1) is 10.1 Å². The Morgan fingerprint density at radius 3 is 2.83 bits per heavy atom. The van der Waals surface area contributed by atoms with Crippen molar-refractivity contribution >= 4 is 34.0 Å². The van der Waals surface area contributed by atoms with E-state index in [0.29, 0.717) is 28.3 Å². The molecule has 2 heterocycles. The van der Waals surface area contributed by atoms with E-state index in [2.05, 4.69) is 10.3 Å². The molecule has 24 heavy (non-hydrogen) atoms. The highest BCUT2D eigenvalue weighted by molar-refractivity contribution is 6.21. The second-order valence-electron chi connectivity index (χ2n) is 5.32. The summed E-state index contributed by atoms with van der Waals surface area (Å²) < 4.78 is 5.87. The molecule has 0 fully saturated rings. The van der Waals surface area contributed by atoms with Crippen LogP contribution in [0.4, 0.5) is 11.4 Å². The molecule has 2 aromatic carbocycles. The van der Waals surface area contributed by atoms with Crippen LogP contribution in [-0.2, 0) is 4.79 Å². The molecule has 0 aliphatic carbocycles. The van der Waals surface area contributed by atoms with Crippen LogP contribution in [0.1, 0.15) is 11.3 Å². The van der Waals surface area contributed by atoms with Gasteiger partial charge in [-0.1, -0.05) is 24.3 Å². The summed E-state index contributed by atoms with van der Waals surface area (Å²) >= 11 is 0. The van der Waals surface area contributed by atoms with Crippen molar-refractivity contribution in [3.05, 3.63) is 70.0 Å². The molecule has 0 radical (unpaired) electrons. The largest absolute Gasteiger partial charge is 0.452 e. The smallest absolute Gasteiger partial charge is 0.270 e. The molecule has 3 aromatic rings. The Hall–Kier alpha value is -3.48. The molecule has 1 aromatic heterocycles. The van der Waals surface area contributed by atoms with Crippen LogP contribution >= 0.6 is 0 Å². The first kappa shape index (κ1) is 14.1. The summed E-state index contributed by atoms with van der Waals surface area (Å²) in [4.78, 5) is 26.8. The lowest BCUT2D eigenvalue weighted by molar-refractivity contribution is -0.384. The van der Waals surface area contributed by atoms with Crippen LogP contribution in [0.3, 0.4) is 0 Å². The number of para-hydroxylation sites is 1. The molecular weight excluding hydrogens is 310 g/mol. The van der Waals surface area contributed by atoms with Gasteiger partial charge in [-0.05, 0) is 12.1 Å². The second kappa shape index (κ2) is 5.31. The average Bonchev–Trinajstić information content (AvgIpc) is 2.85. The van der Waals surface area contributed by atoms with E-state index in [0.717, 1.165) is 5.39 Å². The maximum atomic E-state index is 12.0. The zero-order valence-electron chi connectivity index (χ0n) is 12.4. The molecule has 0 atom stereocenters. The predicted molar refractivity (Wildman–Crippen MR) is 88.4 cm³/mol. The predicted octanol–water partition coefficient (Wildman–Crippen LogP) is 3.13. The first-order valence-electron chi connectivity index (χ1n) is 7.24. The van der Waals surface area contributed by atoms with E-state index in [-0.39, 0.29) is 18.1 Å². The Bertz CT molecular complexity index is 1020. The Morgan fingerprint density at radius 1 is 1.17 bits per heavy atom. The van der Waals surface area contributed by atoms with Crippen molar-refractivity contribution in [2.75, 3.05) is 11.9 Å². The zero-order valence-corrected chi connectivity index (χ0v) is 12.4. The van der Waals surface area contributed by atoms with Gasteiger partial charge in [-0.2, -0.15) is 0 Å². The number of carbonyl (C=O) groups excluding carboxylic acids is 1. The quantitative estimate of drug-likeness (QED) is 0.579. The molecule has 1 aliphatic rings. The van der Waals surface area contributed by atoms with Crippen molar-refractivity contribution in [3.8, 4) is 0 Å². The molecule has 0 unspecified atom stereocenters. The zero-order chi connectivity index (χ0) is 16.7. The molecule has 0 saturated heterocycles. The van der Waals surface area contributed by atoms with Crippen molar-refractivity contribution in [1.82, 2.24) is 0 Å². The minimum Gasteiger partial charge on any atom is -0.452 e. The van der Waals surface area contributed by atoms with Gasteiger partial charge in [0.15, 0.2) is 5.76 Å². The number of amides is 1. The number of hydrogen-bond donors (Lipinski definition) is 1. The highest BCUT2D eigenvalue weighted by atomic mass is 16.6. The van der Waals surface area contributed by atoms with Gasteiger partial charge in [0.2, 0.25) is 5.91 Å². The highest BCUT2D eigenvalue weighted by Gasteiger charge is 2.25. The lowest BCUT2D eigenvalue weighted by atomic mass is 10.1. The molecule has 1 N–H and O–H groups in total. The average molecular weight is 321 g/mol. The number of nitrogens with zero attached hydrogens (tertiary/aromatic N) is 2. The van der Waals surface area contributed by atoms with E-state index in [1.165, 1.54) is 12.1 Å². The van der Waals surface area contributed by atoms with Gasteiger partial charge in [0.1, 0.15) is 17.8 Å². The maximum absolute atomic E-state index is 12.0. The number of nitro benzene ring substituents is 1. The fourth-order valence-corrected chi connectivity index (χ4v) is 2.73. The lowest BCUT2D eigenvalue weighted by Gasteiger charge is -2.04. The van der Waals surface area contributed by atoms with Crippen LogP contribution < -0.4 is 5.32 Å². The molecule has 7 heteroatoms. The van der Waals surface area contributed by atoms with Crippen molar-refractivity contribution < 1.29 is 14.1 Å². The highest BCUT2D eigenvalue weighted by Crippen LogP contribution is 2.34. The fourth-order valence-electron chi connectivity index (χ4n) is 2.73. The molecule has 118 valence electrons. The van der Waals surface area contributed by atoms with E-state index in [1.807, 2.05) is 18.2 Å². The van der Waals surface area contributed by atoms with E-state index in [4.69, 9.17) is 4.42 Å². The number of anilines is 1. The van der Waals surface area contributed by atoms with Crippen molar-refractivity contribution in [2.45, 2.75) is 0 Å². The second-order valence-corrected chi connectivity index (χ2v) is 5.32. The van der Waals surface area contributed by atoms with E-state index in [9.17, 15) is 14.9 Å². The summed E-state index contributed by atoms with van der Waals surface area (Å²) in [5.74, 6) is 0.144. The van der Waals surface area contributed by atoms with Gasteiger partial charge in [0, 0.05) is 23.1 Å². The Labute approximate surface area is 135 Å². The van der Waals surface area contributed by atoms with Crippen molar-refractivity contribution in [1.29, 1.82) is 0 Å². The number of non-ortho nitro benzene ring substituents is 1. The summed E-state index contributed by atoms with van der Waals surface area (Å²) in [5, 5.41) is 14.6. The van der Waals surface area contributed by atoms with Crippen LogP contribution in [0.15, 0.2) is 57.9 Å². The van der Waals surface area contributed by atoms with Crippen LogP contribution in [0.2, 0.25) is 0 Å². The normalized spacial score (nSPS) is 13.8. The molecule has 0 bridgehead atoms. The number of furan rings is 1. The van der Waals surface area contributed by atoms with Crippen LogP contribution in [0.25, 0.3) is 11.0 Å². The molecule has 0 spiro atoms. The van der Waals surface area contributed by atoms with Gasteiger partial charge < -0.3 is 9.73 Å². The Morgan fingerprint density at radius 2 is 2.00 bits per heavy atom. The third-order valence-corrected chi connectivity index (χ3v) is 3.79. The first-order valence-corrected chi connectivity index (χ1v) is 7.24. The minimum atomic E-state index is -0.469. The maximum Gasteiger partial charge on any atom is 0.270 e. The summed E-state index contributed by atoms with van der Waals surface area (Å²) in [5.41, 5.74) is 2.06. The Balaban J connectivity index is 1.95. The molecule has 4 rings (SSSR count). The SMILES string of the molecule is O=C1CN=C(c2cccc([N+](=O)[O-])c2)c2oc3ccccc3c2N1. The minimum absolute atomic E-state index is 0.0450. The fraction of sp³-hybridized carbons (Fsp3) is 0.0588. The van der Waals surface area contributed by atoms with Gasteiger partial charge in [-0.25, -0.2) is 0 Å². The topological polar surface area (TPSA) is 97.7 Å². The van der Waals surface area contributed by atoms with Gasteiger partial charge in [-0.3, -0.25) is 19.9 Å². The van der Waals surface area contributed by atoms with Gasteiger partial charge >= 0.3 is 0 Å². The number of rotatable bonds is 2. The molecule has 7 nitrogen and oxygen atoms in total. The molecule has 1 aliphatic heterocycles. The van der Waals surface area contributed by atoms with Gasteiger partial charge in [0.25, 0.3) is 5.69 Å². The summed E-state index contributed by atoms with van der Waals surface area (Å²) in [6.45, 7) is -0.0729. The molecule has 0 saturated carbocycles. The number of nitro groups is 1. The first-order chi connectivity index (χ1) is 11.6. The van der Waals surface area contributed by atoms with Gasteiger partial charge in [-0.15, -0.1) is 0 Å². The third kappa shape index (κ3) is 2.23. The van der Waals surface area contributed by atoms with Crippen molar-refractivity contribution in [2.24, 2.45) is 4.99 Å². The van der Waals surface area contributed by atoms with E-state index in [1.54, 1.807) is 18.2 Å². The number of nitrogens with one attached hydrogen (secondary N) is 1. The van der Waals surface area contributed by atoms with E-state index < -0.39 is 4.92 Å². The standard InChI is InChI=1S/C17H11N3O4/c21-14-9-18-15(10-4-3-5-11(8-10)20(22)23)17-16(19-14)12-6-1-2-7-13(12)24-17/h1-8H,9H2,(H,19,21). The summed E-state index contributed by atoms with van der Waals surface area (Å²) in [6.07, 6.45) is 0. The monoisotopic (exact) mass is 321 g/mol. The van der Waals surface area contributed by atoms with Crippen LogP contribution in [-0.4, -0.2) is 23.1 Å². The van der Waals surface area contributed by atoms with Gasteiger partial charge in [0.05, 0.1) is 10.6 Å². The summed E-state index contributed by atoms with van der Waals surface area (Å²) in [6, 6.07) is 13.4. The number of aliphatic imine (C=N–C) groups is 1. The van der Waals surface area contributed by atoms with Crippen LogP contribution in [0.5, 0.6) is 0 Å². The number of fused-ring (bicyclic) bond motifs is 3. The summed E-state index contributed by atoms with van der Waals surface area (Å²) in [7, 11) is 0. The molecule has 1 amide bonds. The van der Waals surface area contributed by atoms with Crippen molar-refractivity contribution in [3.63, 3.8) is 0 Å². The molecular formula is C17H11N3O4.